The van der Waals surface area contributed by atoms with Gasteiger partial charge in [0, 0.05) is 25.1 Å². The van der Waals surface area contributed by atoms with Crippen molar-refractivity contribution in [3.05, 3.63) is 18.0 Å². The summed E-state index contributed by atoms with van der Waals surface area (Å²) in [6.45, 7) is 0.793. The zero-order valence-electron chi connectivity index (χ0n) is 8.98. The molecule has 15 heavy (non-hydrogen) atoms. The molecule has 0 bridgehead atoms. The van der Waals surface area contributed by atoms with Crippen molar-refractivity contribution in [1.82, 2.24) is 9.78 Å². The average Bonchev–Trinajstić information content (AvgIpc) is 2.99. The molecule has 1 aromatic heterocycles. The Bertz CT molecular complexity index is 342. The fourth-order valence-corrected chi connectivity index (χ4v) is 1.59. The Labute approximate surface area is 89.2 Å². The number of aryl methyl sites for hydroxylation is 1. The number of nitrogens with zero attached hydrogens (tertiary/aromatic N) is 2. The number of carbonyl (C=O) groups excluding carboxylic acids is 1. The van der Waals surface area contributed by atoms with E-state index in [9.17, 15) is 4.79 Å². The Morgan fingerprint density at radius 2 is 2.47 bits per heavy atom. The molecule has 2 rings (SSSR count). The number of hydrogen-bond donors (Lipinski definition) is 0. The van der Waals surface area contributed by atoms with Gasteiger partial charge in [0.2, 0.25) is 0 Å². The maximum absolute atomic E-state index is 10.9. The molecule has 1 aromatic rings. The van der Waals surface area contributed by atoms with Crippen molar-refractivity contribution in [2.24, 2.45) is 0 Å². The highest BCUT2D eigenvalue weighted by Crippen LogP contribution is 2.38. The second-order valence-corrected chi connectivity index (χ2v) is 3.96. The summed E-state index contributed by atoms with van der Waals surface area (Å²) in [5.41, 5.74) is 1.20. The van der Waals surface area contributed by atoms with Crippen LogP contribution in [-0.4, -0.2) is 22.9 Å². The van der Waals surface area contributed by atoms with E-state index in [0.29, 0.717) is 12.3 Å². The third-order valence-electron chi connectivity index (χ3n) is 2.65. The Morgan fingerprint density at radius 3 is 3.13 bits per heavy atom. The molecule has 1 saturated carbocycles. The Hall–Kier alpha value is -1.32. The van der Waals surface area contributed by atoms with E-state index in [1.807, 2.05) is 10.9 Å². The van der Waals surface area contributed by atoms with Crippen molar-refractivity contribution in [2.45, 2.75) is 38.1 Å². The van der Waals surface area contributed by atoms with Gasteiger partial charge in [0.25, 0.3) is 0 Å². The maximum atomic E-state index is 10.9. The molecule has 0 amide bonds. The van der Waals surface area contributed by atoms with Crippen molar-refractivity contribution in [1.29, 1.82) is 0 Å². The minimum Gasteiger partial charge on any atom is -0.469 e. The summed E-state index contributed by atoms with van der Waals surface area (Å²) >= 11 is 0. The second kappa shape index (κ2) is 4.47. The molecule has 1 fully saturated rings. The van der Waals surface area contributed by atoms with E-state index in [0.717, 1.165) is 13.0 Å². The van der Waals surface area contributed by atoms with Gasteiger partial charge in [-0.25, -0.2) is 0 Å². The van der Waals surface area contributed by atoms with Crippen LogP contribution in [-0.2, 0) is 16.1 Å². The van der Waals surface area contributed by atoms with Gasteiger partial charge in [-0.2, -0.15) is 5.10 Å². The van der Waals surface area contributed by atoms with Gasteiger partial charge in [-0.05, 0) is 25.3 Å². The highest BCUT2D eigenvalue weighted by Gasteiger charge is 2.25. The van der Waals surface area contributed by atoms with E-state index in [1.54, 1.807) is 0 Å². The molecule has 4 heteroatoms. The normalized spacial score (nSPS) is 15.3. The van der Waals surface area contributed by atoms with Crippen LogP contribution >= 0.6 is 0 Å². The smallest absolute Gasteiger partial charge is 0.305 e. The third-order valence-corrected chi connectivity index (χ3v) is 2.65. The maximum Gasteiger partial charge on any atom is 0.305 e. The topological polar surface area (TPSA) is 44.1 Å². The van der Waals surface area contributed by atoms with Crippen LogP contribution in [0.3, 0.4) is 0 Å². The summed E-state index contributed by atoms with van der Waals surface area (Å²) in [5.74, 6) is 0.552. The Kier molecular flexibility index (Phi) is 3.04. The van der Waals surface area contributed by atoms with Crippen molar-refractivity contribution in [2.75, 3.05) is 7.11 Å². The Morgan fingerprint density at radius 1 is 1.67 bits per heavy atom. The zero-order valence-corrected chi connectivity index (χ0v) is 8.98. The first-order valence-corrected chi connectivity index (χ1v) is 5.40. The summed E-state index contributed by atoms with van der Waals surface area (Å²) in [7, 11) is 1.42. The van der Waals surface area contributed by atoms with Crippen LogP contribution in [0, 0.1) is 0 Å². The van der Waals surface area contributed by atoms with Crippen LogP contribution in [0.15, 0.2) is 12.3 Å². The molecule has 82 valence electrons. The van der Waals surface area contributed by atoms with Gasteiger partial charge in [0.05, 0.1) is 12.8 Å². The molecule has 1 aliphatic rings. The summed E-state index contributed by atoms with van der Waals surface area (Å²) < 4.78 is 6.49. The molecule has 0 aromatic carbocycles. The number of carbonyl (C=O) groups is 1. The first kappa shape index (κ1) is 10.2. The van der Waals surface area contributed by atoms with E-state index < -0.39 is 0 Å². The predicted molar refractivity (Wildman–Crippen MR) is 55.5 cm³/mol. The monoisotopic (exact) mass is 208 g/mol. The van der Waals surface area contributed by atoms with Gasteiger partial charge in [0.15, 0.2) is 0 Å². The lowest BCUT2D eigenvalue weighted by molar-refractivity contribution is -0.140. The van der Waals surface area contributed by atoms with Crippen LogP contribution in [0.1, 0.15) is 37.3 Å². The molecular formula is C11H16N2O2. The minimum atomic E-state index is -0.149. The first-order valence-electron chi connectivity index (χ1n) is 5.40. The molecule has 0 N–H and O–H groups in total. The number of esters is 1. The molecule has 0 aliphatic heterocycles. The van der Waals surface area contributed by atoms with Crippen LogP contribution < -0.4 is 0 Å². The van der Waals surface area contributed by atoms with Crippen LogP contribution in [0.2, 0.25) is 0 Å². The summed E-state index contributed by atoms with van der Waals surface area (Å²) in [6, 6.07) is 2.08. The Balaban J connectivity index is 1.75. The molecule has 0 saturated heterocycles. The van der Waals surface area contributed by atoms with Crippen molar-refractivity contribution in [3.63, 3.8) is 0 Å². The number of ether oxygens (including phenoxy) is 1. The van der Waals surface area contributed by atoms with Gasteiger partial charge in [-0.3, -0.25) is 9.48 Å². The van der Waals surface area contributed by atoms with Crippen LogP contribution in [0.4, 0.5) is 0 Å². The number of hydrogen-bond acceptors (Lipinski definition) is 3. The lowest BCUT2D eigenvalue weighted by atomic mass is 10.3. The molecule has 0 atom stereocenters. The van der Waals surface area contributed by atoms with Gasteiger partial charge < -0.3 is 4.74 Å². The van der Waals surface area contributed by atoms with Gasteiger partial charge in [-0.15, -0.1) is 0 Å². The summed E-state index contributed by atoms with van der Waals surface area (Å²) in [5, 5.41) is 4.46. The van der Waals surface area contributed by atoms with Crippen LogP contribution in [0.25, 0.3) is 0 Å². The highest BCUT2D eigenvalue weighted by atomic mass is 16.5. The fraction of sp³-hybridized carbons (Fsp3) is 0.636. The molecule has 0 spiro atoms. The van der Waals surface area contributed by atoms with Crippen molar-refractivity contribution in [3.8, 4) is 0 Å². The summed E-state index contributed by atoms with van der Waals surface area (Å²) in [6.07, 6.45) is 5.80. The number of aromatic nitrogens is 2. The lowest BCUT2D eigenvalue weighted by Crippen LogP contribution is -2.04. The van der Waals surface area contributed by atoms with E-state index in [4.69, 9.17) is 0 Å². The van der Waals surface area contributed by atoms with Crippen molar-refractivity contribution >= 4 is 5.97 Å². The number of rotatable bonds is 5. The van der Waals surface area contributed by atoms with E-state index in [1.165, 1.54) is 25.6 Å². The molecule has 1 aliphatic carbocycles. The molecule has 4 nitrogen and oxygen atoms in total. The van der Waals surface area contributed by atoms with Crippen LogP contribution in [0.5, 0.6) is 0 Å². The molecule has 0 radical (unpaired) electrons. The second-order valence-electron chi connectivity index (χ2n) is 3.96. The lowest BCUT2D eigenvalue weighted by Gasteiger charge is -2.00. The highest BCUT2D eigenvalue weighted by molar-refractivity contribution is 5.68. The van der Waals surface area contributed by atoms with E-state index in [-0.39, 0.29) is 5.97 Å². The van der Waals surface area contributed by atoms with Gasteiger partial charge in [0.1, 0.15) is 0 Å². The SMILES string of the molecule is COC(=O)CCCn1ccc(C2CC2)n1. The van der Waals surface area contributed by atoms with E-state index >= 15 is 0 Å². The third kappa shape index (κ3) is 2.81. The van der Waals surface area contributed by atoms with Crippen molar-refractivity contribution < 1.29 is 9.53 Å². The quantitative estimate of drug-likeness (QED) is 0.692. The minimum absolute atomic E-state index is 0.149. The number of methoxy groups -OCH3 is 1. The molecular weight excluding hydrogens is 192 g/mol. The average molecular weight is 208 g/mol. The molecule has 0 unspecified atom stereocenters. The van der Waals surface area contributed by atoms with Gasteiger partial charge >= 0.3 is 5.97 Å². The summed E-state index contributed by atoms with van der Waals surface area (Å²) in [4.78, 5) is 10.9. The fourth-order valence-electron chi connectivity index (χ4n) is 1.59. The molecule has 1 heterocycles. The zero-order chi connectivity index (χ0) is 10.7. The first-order chi connectivity index (χ1) is 7.29. The largest absolute Gasteiger partial charge is 0.469 e. The predicted octanol–water partition coefficient (Wildman–Crippen LogP) is 1.71. The van der Waals surface area contributed by atoms with E-state index in [2.05, 4.69) is 15.9 Å². The van der Waals surface area contributed by atoms with Gasteiger partial charge in [-0.1, -0.05) is 0 Å². The standard InChI is InChI=1S/C11H16N2O2/c1-15-11(14)3-2-7-13-8-6-10(12-13)9-4-5-9/h6,8-9H,2-5,7H2,1H3.